The van der Waals surface area contributed by atoms with Crippen LogP contribution in [0.25, 0.3) is 11.0 Å². The smallest absolute Gasteiger partial charge is 0.133 e. The number of fused-ring (bicyclic) bond motifs is 1. The lowest BCUT2D eigenvalue weighted by Crippen LogP contribution is -1.69. The van der Waals surface area contributed by atoms with Crippen LogP contribution >= 0.6 is 0 Å². The molecular weight excluding hydrogens is 138 g/mol. The zero-order valence-electron chi connectivity index (χ0n) is 6.45. The number of nitrogens with two attached hydrogens (primary N) is 1. The minimum Gasteiger partial charge on any atom is -0.464 e. The number of hydrogen-bond donors (Lipinski definition) is 1. The Morgan fingerprint density at radius 3 is 2.55 bits per heavy atom. The van der Waals surface area contributed by atoms with E-state index in [1.165, 1.54) is 7.05 Å². The lowest BCUT2D eigenvalue weighted by molar-refractivity contribution is 0.616. The number of benzene rings is 1. The van der Waals surface area contributed by atoms with Gasteiger partial charge in [0.15, 0.2) is 0 Å². The normalized spacial score (nSPS) is 8.91. The van der Waals surface area contributed by atoms with Gasteiger partial charge in [-0.1, -0.05) is 18.2 Å². The molecule has 2 rings (SSSR count). The van der Waals surface area contributed by atoms with Crippen LogP contribution in [0.5, 0.6) is 0 Å². The van der Waals surface area contributed by atoms with E-state index >= 15 is 0 Å². The maximum atomic E-state index is 5.12. The number of furan rings is 1. The Morgan fingerprint density at radius 1 is 1.09 bits per heavy atom. The molecule has 0 fully saturated rings. The Kier molecular flexibility index (Phi) is 2.69. The monoisotopic (exact) mass is 149 g/mol. The first kappa shape index (κ1) is 7.82. The van der Waals surface area contributed by atoms with Gasteiger partial charge in [0.2, 0.25) is 0 Å². The molecule has 0 radical (unpaired) electrons. The van der Waals surface area contributed by atoms with Crippen LogP contribution in [0.15, 0.2) is 41.0 Å². The summed E-state index contributed by atoms with van der Waals surface area (Å²) in [6, 6.07) is 9.90. The highest BCUT2D eigenvalue weighted by Gasteiger charge is 1.89. The first-order chi connectivity index (χ1) is 5.47. The van der Waals surface area contributed by atoms with Crippen molar-refractivity contribution in [2.75, 3.05) is 7.05 Å². The van der Waals surface area contributed by atoms with E-state index in [4.69, 9.17) is 4.42 Å². The molecule has 0 aliphatic rings. The predicted molar refractivity (Wildman–Crippen MR) is 46.3 cm³/mol. The van der Waals surface area contributed by atoms with E-state index in [1.54, 1.807) is 6.26 Å². The zero-order valence-corrected chi connectivity index (χ0v) is 6.45. The topological polar surface area (TPSA) is 39.2 Å². The fourth-order valence-corrected chi connectivity index (χ4v) is 0.906. The first-order valence-corrected chi connectivity index (χ1v) is 3.47. The third-order valence-electron chi connectivity index (χ3n) is 1.36. The van der Waals surface area contributed by atoms with Gasteiger partial charge in [0, 0.05) is 5.39 Å². The molecule has 0 spiro atoms. The predicted octanol–water partition coefficient (Wildman–Crippen LogP) is 2.01. The van der Waals surface area contributed by atoms with Crippen molar-refractivity contribution in [3.05, 3.63) is 36.6 Å². The second-order valence-electron chi connectivity index (χ2n) is 1.96. The Morgan fingerprint density at radius 2 is 1.82 bits per heavy atom. The standard InChI is InChI=1S/C8H6O.CH5N/c1-2-4-8-7(3-1)5-6-9-8;1-2/h1-6H;2H2,1H3. The SMILES string of the molecule is CN.c1ccc2occc2c1. The molecule has 2 heteroatoms. The quantitative estimate of drug-likeness (QED) is 0.622. The largest absolute Gasteiger partial charge is 0.464 e. The molecule has 0 aliphatic carbocycles. The van der Waals surface area contributed by atoms with Crippen LogP contribution < -0.4 is 5.73 Å². The molecule has 1 aromatic carbocycles. The van der Waals surface area contributed by atoms with Crippen LogP contribution in [-0.2, 0) is 0 Å². The zero-order chi connectivity index (χ0) is 8.10. The molecule has 0 aliphatic heterocycles. The first-order valence-electron chi connectivity index (χ1n) is 3.47. The van der Waals surface area contributed by atoms with Gasteiger partial charge in [-0.25, -0.2) is 0 Å². The highest BCUT2D eigenvalue weighted by Crippen LogP contribution is 2.12. The maximum absolute atomic E-state index is 5.12. The number of para-hydroxylation sites is 1. The van der Waals surface area contributed by atoms with Crippen molar-refractivity contribution in [3.8, 4) is 0 Å². The fourth-order valence-electron chi connectivity index (χ4n) is 0.906. The van der Waals surface area contributed by atoms with E-state index < -0.39 is 0 Å². The van der Waals surface area contributed by atoms with Crippen molar-refractivity contribution >= 4 is 11.0 Å². The summed E-state index contributed by atoms with van der Waals surface area (Å²) in [6.07, 6.45) is 1.70. The molecule has 0 amide bonds. The molecule has 2 aromatic rings. The Bertz CT molecular complexity index is 284. The molecule has 0 bridgehead atoms. The molecule has 11 heavy (non-hydrogen) atoms. The second-order valence-corrected chi connectivity index (χ2v) is 1.96. The molecule has 1 aromatic heterocycles. The Balaban J connectivity index is 0.000000281. The van der Waals surface area contributed by atoms with Gasteiger partial charge in [-0.2, -0.15) is 0 Å². The average molecular weight is 149 g/mol. The van der Waals surface area contributed by atoms with Crippen molar-refractivity contribution in [3.63, 3.8) is 0 Å². The van der Waals surface area contributed by atoms with Gasteiger partial charge in [-0.05, 0) is 19.2 Å². The second kappa shape index (κ2) is 3.78. The van der Waals surface area contributed by atoms with Crippen LogP contribution in [0.4, 0.5) is 0 Å². The van der Waals surface area contributed by atoms with E-state index in [0.717, 1.165) is 11.0 Å². The fraction of sp³-hybridized carbons (Fsp3) is 0.111. The van der Waals surface area contributed by atoms with Crippen LogP contribution in [0, 0.1) is 0 Å². The van der Waals surface area contributed by atoms with Gasteiger partial charge >= 0.3 is 0 Å². The summed E-state index contributed by atoms with van der Waals surface area (Å²) in [6.45, 7) is 0. The maximum Gasteiger partial charge on any atom is 0.133 e. The van der Waals surface area contributed by atoms with E-state index in [9.17, 15) is 0 Å². The van der Waals surface area contributed by atoms with E-state index in [2.05, 4.69) is 5.73 Å². The summed E-state index contributed by atoms with van der Waals surface area (Å²) in [5.74, 6) is 0. The van der Waals surface area contributed by atoms with E-state index in [0.29, 0.717) is 0 Å². The molecule has 0 saturated heterocycles. The highest BCUT2D eigenvalue weighted by atomic mass is 16.3. The van der Waals surface area contributed by atoms with Gasteiger partial charge < -0.3 is 10.2 Å². The summed E-state index contributed by atoms with van der Waals surface area (Å²) >= 11 is 0. The van der Waals surface area contributed by atoms with Gasteiger partial charge in [-0.3, -0.25) is 0 Å². The minimum absolute atomic E-state index is 0.956. The molecule has 2 N–H and O–H groups in total. The molecule has 1 heterocycles. The number of rotatable bonds is 0. The Hall–Kier alpha value is -1.28. The lowest BCUT2D eigenvalue weighted by Gasteiger charge is -1.81. The molecular formula is C9H11NO. The summed E-state index contributed by atoms with van der Waals surface area (Å²) < 4.78 is 5.12. The van der Waals surface area contributed by atoms with Gasteiger partial charge in [0.25, 0.3) is 0 Å². The average Bonchev–Trinajstić information content (AvgIpc) is 2.55. The summed E-state index contributed by atoms with van der Waals surface area (Å²) in [7, 11) is 1.50. The van der Waals surface area contributed by atoms with Crippen molar-refractivity contribution in [1.82, 2.24) is 0 Å². The van der Waals surface area contributed by atoms with E-state index in [-0.39, 0.29) is 0 Å². The van der Waals surface area contributed by atoms with Crippen molar-refractivity contribution in [2.45, 2.75) is 0 Å². The number of hydrogen-bond acceptors (Lipinski definition) is 2. The van der Waals surface area contributed by atoms with Gasteiger partial charge in [0.1, 0.15) is 5.58 Å². The molecule has 0 saturated carbocycles. The molecule has 58 valence electrons. The minimum atomic E-state index is 0.956. The third kappa shape index (κ3) is 1.59. The van der Waals surface area contributed by atoms with Crippen molar-refractivity contribution in [2.24, 2.45) is 5.73 Å². The van der Waals surface area contributed by atoms with Crippen molar-refractivity contribution in [1.29, 1.82) is 0 Å². The van der Waals surface area contributed by atoms with E-state index in [1.807, 2.05) is 30.3 Å². The summed E-state index contributed by atoms with van der Waals surface area (Å²) in [5.41, 5.74) is 5.46. The third-order valence-corrected chi connectivity index (χ3v) is 1.36. The summed E-state index contributed by atoms with van der Waals surface area (Å²) in [5, 5.41) is 1.16. The molecule has 0 atom stereocenters. The van der Waals surface area contributed by atoms with Gasteiger partial charge in [-0.15, -0.1) is 0 Å². The lowest BCUT2D eigenvalue weighted by atomic mass is 10.3. The molecule has 0 unspecified atom stereocenters. The van der Waals surface area contributed by atoms with Crippen LogP contribution in [0.1, 0.15) is 0 Å². The Labute approximate surface area is 65.6 Å². The van der Waals surface area contributed by atoms with Crippen LogP contribution in [0.2, 0.25) is 0 Å². The van der Waals surface area contributed by atoms with Crippen LogP contribution in [-0.4, -0.2) is 7.05 Å². The highest BCUT2D eigenvalue weighted by molar-refractivity contribution is 5.76. The van der Waals surface area contributed by atoms with Crippen LogP contribution in [0.3, 0.4) is 0 Å². The van der Waals surface area contributed by atoms with Gasteiger partial charge in [0.05, 0.1) is 6.26 Å². The van der Waals surface area contributed by atoms with Crippen molar-refractivity contribution < 1.29 is 4.42 Å². The molecule has 2 nitrogen and oxygen atoms in total. The summed E-state index contributed by atoms with van der Waals surface area (Å²) in [4.78, 5) is 0.